The third-order valence-corrected chi connectivity index (χ3v) is 4.53. The topological polar surface area (TPSA) is 76.6 Å². The molecule has 0 fully saturated rings. The molecule has 0 amide bonds. The Hall–Kier alpha value is -0.860. The van der Waals surface area contributed by atoms with E-state index in [0.717, 1.165) is 17.6 Å². The number of carbonyl (C=O) groups is 1. The third kappa shape index (κ3) is 4.11. The van der Waals surface area contributed by atoms with Crippen LogP contribution in [0.15, 0.2) is 0 Å². The fourth-order valence-electron chi connectivity index (χ4n) is 1.07. The van der Waals surface area contributed by atoms with Crippen LogP contribution in [0.1, 0.15) is 9.67 Å². The van der Waals surface area contributed by atoms with Crippen molar-refractivity contribution >= 4 is 43.9 Å². The molecular formula is C9H13ClN2O4S2. The second-order valence-corrected chi connectivity index (χ2v) is 7.25. The smallest absolute Gasteiger partial charge is 0.351 e. The second kappa shape index (κ2) is 5.85. The van der Waals surface area contributed by atoms with Gasteiger partial charge in [-0.05, 0) is 0 Å². The maximum absolute atomic E-state index is 11.3. The Morgan fingerprint density at radius 3 is 2.67 bits per heavy atom. The third-order valence-electron chi connectivity index (χ3n) is 2.07. The van der Waals surface area contributed by atoms with Crippen LogP contribution in [0, 0.1) is 0 Å². The lowest BCUT2D eigenvalue weighted by molar-refractivity contribution is 0.0606. The van der Waals surface area contributed by atoms with Gasteiger partial charge < -0.3 is 9.64 Å². The van der Waals surface area contributed by atoms with Crippen LogP contribution in [0.3, 0.4) is 0 Å². The molecule has 0 aliphatic rings. The first kappa shape index (κ1) is 15.2. The largest absolute Gasteiger partial charge is 0.465 e. The number of carbonyl (C=O) groups excluding carboxylic acids is 1. The molecule has 0 aromatic carbocycles. The van der Waals surface area contributed by atoms with Crippen LogP contribution in [-0.4, -0.2) is 52.1 Å². The molecule has 0 saturated heterocycles. The summed E-state index contributed by atoms with van der Waals surface area (Å²) in [4.78, 5) is 17.2. The molecule has 0 aliphatic heterocycles. The molecule has 0 unspecified atom stereocenters. The van der Waals surface area contributed by atoms with E-state index in [2.05, 4.69) is 9.72 Å². The van der Waals surface area contributed by atoms with Gasteiger partial charge in [-0.2, -0.15) is 0 Å². The van der Waals surface area contributed by atoms with Gasteiger partial charge in [-0.1, -0.05) is 22.9 Å². The van der Waals surface area contributed by atoms with Crippen LogP contribution in [-0.2, 0) is 14.6 Å². The normalized spacial score (nSPS) is 11.3. The van der Waals surface area contributed by atoms with Gasteiger partial charge in [0.25, 0.3) is 0 Å². The second-order valence-electron chi connectivity index (χ2n) is 3.66. The lowest BCUT2D eigenvalue weighted by Crippen LogP contribution is -2.24. The Balaban J connectivity index is 2.81. The van der Waals surface area contributed by atoms with Gasteiger partial charge in [0, 0.05) is 19.8 Å². The van der Waals surface area contributed by atoms with Crippen LogP contribution in [0.25, 0.3) is 0 Å². The molecular weight excluding hydrogens is 300 g/mol. The van der Waals surface area contributed by atoms with E-state index in [1.807, 2.05) is 0 Å². The number of halogens is 1. The Kier molecular flexibility index (Phi) is 4.94. The zero-order chi connectivity index (χ0) is 13.9. The summed E-state index contributed by atoms with van der Waals surface area (Å²) in [7, 11) is -0.104. The minimum absolute atomic E-state index is 0.00819. The molecule has 0 atom stereocenters. The zero-order valence-corrected chi connectivity index (χ0v) is 12.5. The van der Waals surface area contributed by atoms with E-state index in [0.29, 0.717) is 5.13 Å². The van der Waals surface area contributed by atoms with E-state index in [9.17, 15) is 13.2 Å². The van der Waals surface area contributed by atoms with Crippen molar-refractivity contribution in [1.29, 1.82) is 0 Å². The van der Waals surface area contributed by atoms with E-state index < -0.39 is 15.8 Å². The van der Waals surface area contributed by atoms with E-state index in [1.54, 1.807) is 11.9 Å². The monoisotopic (exact) mass is 312 g/mol. The van der Waals surface area contributed by atoms with Crippen molar-refractivity contribution in [3.05, 3.63) is 10.0 Å². The van der Waals surface area contributed by atoms with Crippen LogP contribution in [0.4, 0.5) is 5.13 Å². The van der Waals surface area contributed by atoms with Gasteiger partial charge in [-0.15, -0.1) is 0 Å². The molecule has 9 heteroatoms. The molecule has 102 valence electrons. The highest BCUT2D eigenvalue weighted by Crippen LogP contribution is 2.29. The minimum Gasteiger partial charge on any atom is -0.465 e. The fourth-order valence-corrected chi connectivity index (χ4v) is 2.86. The first-order chi connectivity index (χ1) is 8.24. The van der Waals surface area contributed by atoms with E-state index >= 15 is 0 Å². The summed E-state index contributed by atoms with van der Waals surface area (Å²) >= 11 is 6.87. The van der Waals surface area contributed by atoms with Gasteiger partial charge in [-0.3, -0.25) is 0 Å². The van der Waals surface area contributed by atoms with Gasteiger partial charge in [0.05, 0.1) is 12.9 Å². The van der Waals surface area contributed by atoms with Crippen molar-refractivity contribution in [2.24, 2.45) is 0 Å². The standard InChI is InChI=1S/C9H13ClN2O4S2/c1-12(4-5-18(3,14)15)9-11-7(10)6(17-9)8(13)16-2/h4-5H2,1-3H3. The molecule has 0 spiro atoms. The number of sulfone groups is 1. The van der Waals surface area contributed by atoms with Crippen molar-refractivity contribution in [2.45, 2.75) is 0 Å². The van der Waals surface area contributed by atoms with E-state index in [-0.39, 0.29) is 22.3 Å². The zero-order valence-electron chi connectivity index (χ0n) is 10.1. The summed E-state index contributed by atoms with van der Waals surface area (Å²) in [6.07, 6.45) is 1.16. The van der Waals surface area contributed by atoms with Crippen LogP contribution < -0.4 is 4.90 Å². The lowest BCUT2D eigenvalue weighted by Gasteiger charge is -2.14. The summed E-state index contributed by atoms with van der Waals surface area (Å²) in [6, 6.07) is 0. The minimum atomic E-state index is -3.04. The van der Waals surface area contributed by atoms with Crippen LogP contribution in [0.2, 0.25) is 5.15 Å². The van der Waals surface area contributed by atoms with Crippen molar-refractivity contribution in [1.82, 2.24) is 4.98 Å². The number of nitrogens with zero attached hydrogens (tertiary/aromatic N) is 2. The molecule has 1 heterocycles. The van der Waals surface area contributed by atoms with Gasteiger partial charge in [-0.25, -0.2) is 18.2 Å². The summed E-state index contributed by atoms with van der Waals surface area (Å²) in [5.41, 5.74) is 0. The fraction of sp³-hybridized carbons (Fsp3) is 0.556. The number of methoxy groups -OCH3 is 1. The molecule has 1 aromatic heterocycles. The Labute approximate surface area is 114 Å². The highest BCUT2D eigenvalue weighted by molar-refractivity contribution is 7.90. The van der Waals surface area contributed by atoms with Gasteiger partial charge in [0.2, 0.25) is 0 Å². The van der Waals surface area contributed by atoms with Crippen LogP contribution in [0.5, 0.6) is 0 Å². The molecule has 0 radical (unpaired) electrons. The number of hydrogen-bond acceptors (Lipinski definition) is 7. The average molecular weight is 313 g/mol. The molecule has 0 bridgehead atoms. The SMILES string of the molecule is COC(=O)c1sc(N(C)CCS(C)(=O)=O)nc1Cl. The Morgan fingerprint density at radius 1 is 1.56 bits per heavy atom. The maximum Gasteiger partial charge on any atom is 0.351 e. The molecule has 1 rings (SSSR count). The predicted octanol–water partition coefficient (Wildman–Crippen LogP) is 1.06. The maximum atomic E-state index is 11.3. The number of ether oxygens (including phenoxy) is 1. The summed E-state index contributed by atoms with van der Waals surface area (Å²) in [5, 5.41) is 0.539. The van der Waals surface area contributed by atoms with Crippen molar-refractivity contribution in [3.63, 3.8) is 0 Å². The van der Waals surface area contributed by atoms with Crippen LogP contribution >= 0.6 is 22.9 Å². The summed E-state index contributed by atoms with van der Waals surface area (Å²) in [5.74, 6) is -0.547. The van der Waals surface area contributed by atoms with Gasteiger partial charge >= 0.3 is 5.97 Å². The average Bonchev–Trinajstić information content (AvgIpc) is 2.66. The number of anilines is 1. The Morgan fingerprint density at radius 2 is 2.17 bits per heavy atom. The molecule has 0 saturated carbocycles. The highest BCUT2D eigenvalue weighted by Gasteiger charge is 2.19. The van der Waals surface area contributed by atoms with E-state index in [1.165, 1.54) is 7.11 Å². The summed E-state index contributed by atoms with van der Waals surface area (Å²) < 4.78 is 26.7. The number of aromatic nitrogens is 1. The molecule has 6 nitrogen and oxygen atoms in total. The number of rotatable bonds is 5. The first-order valence-electron chi connectivity index (χ1n) is 4.88. The quantitative estimate of drug-likeness (QED) is 0.757. The lowest BCUT2D eigenvalue weighted by atomic mass is 10.6. The van der Waals surface area contributed by atoms with Crippen molar-refractivity contribution in [3.8, 4) is 0 Å². The number of esters is 1. The van der Waals surface area contributed by atoms with Crippen molar-refractivity contribution in [2.75, 3.05) is 37.6 Å². The van der Waals surface area contributed by atoms with Crippen molar-refractivity contribution < 1.29 is 17.9 Å². The van der Waals surface area contributed by atoms with E-state index in [4.69, 9.17) is 11.6 Å². The predicted molar refractivity (Wildman–Crippen MR) is 71.4 cm³/mol. The highest BCUT2D eigenvalue weighted by atomic mass is 35.5. The molecule has 18 heavy (non-hydrogen) atoms. The number of hydrogen-bond donors (Lipinski definition) is 0. The van der Waals surface area contributed by atoms with Gasteiger partial charge in [0.15, 0.2) is 15.2 Å². The first-order valence-corrected chi connectivity index (χ1v) is 8.13. The Bertz CT molecular complexity index is 541. The molecule has 0 N–H and O–H groups in total. The number of thiazole rings is 1. The van der Waals surface area contributed by atoms with Gasteiger partial charge in [0.1, 0.15) is 9.84 Å². The molecule has 0 aliphatic carbocycles. The molecule has 1 aromatic rings. The summed E-state index contributed by atoms with van der Waals surface area (Å²) in [6.45, 7) is 0.281.